The van der Waals surface area contributed by atoms with Gasteiger partial charge in [-0.25, -0.2) is 5.43 Å². The third-order valence-electron chi connectivity index (χ3n) is 4.64. The zero-order chi connectivity index (χ0) is 20.1. The maximum atomic E-state index is 12.4. The minimum absolute atomic E-state index is 0.0622. The molecule has 2 amide bonds. The van der Waals surface area contributed by atoms with Crippen molar-refractivity contribution in [3.63, 3.8) is 0 Å². The van der Waals surface area contributed by atoms with Crippen LogP contribution in [0.25, 0.3) is 0 Å². The van der Waals surface area contributed by atoms with Crippen molar-refractivity contribution in [1.29, 1.82) is 0 Å². The lowest BCUT2D eigenvalue weighted by atomic mass is 10.1. The number of nitrogens with zero attached hydrogens (tertiary/aromatic N) is 2. The van der Waals surface area contributed by atoms with E-state index in [0.29, 0.717) is 18.0 Å². The number of anilines is 1. The van der Waals surface area contributed by atoms with Gasteiger partial charge in [0.05, 0.1) is 26.4 Å². The molecule has 1 fully saturated rings. The molecule has 2 aromatic rings. The van der Waals surface area contributed by atoms with Gasteiger partial charge >= 0.3 is 0 Å². The second-order valence-electron chi connectivity index (χ2n) is 6.59. The molecule has 0 aliphatic carbocycles. The lowest BCUT2D eigenvalue weighted by Crippen LogP contribution is -2.30. The highest BCUT2D eigenvalue weighted by molar-refractivity contribution is 6.00. The van der Waals surface area contributed by atoms with Crippen LogP contribution in [-0.4, -0.2) is 38.8 Å². The highest BCUT2D eigenvalue weighted by Crippen LogP contribution is 2.27. The monoisotopic (exact) mass is 381 g/mol. The van der Waals surface area contributed by atoms with E-state index in [9.17, 15) is 9.59 Å². The summed E-state index contributed by atoms with van der Waals surface area (Å²) in [5.41, 5.74) is 5.20. The number of methoxy groups -OCH3 is 2. The van der Waals surface area contributed by atoms with Crippen LogP contribution in [0.2, 0.25) is 0 Å². The summed E-state index contributed by atoms with van der Waals surface area (Å²) in [6.45, 7) is 2.34. The SMILES string of the molecule is COc1ccc(C=NNC(=O)C2CC(=O)N(c3ccc(C)cc3)C2)cc1OC. The van der Waals surface area contributed by atoms with E-state index in [1.165, 1.54) is 6.21 Å². The molecule has 3 rings (SSSR count). The summed E-state index contributed by atoms with van der Waals surface area (Å²) in [5.74, 6) is 0.418. The van der Waals surface area contributed by atoms with Crippen molar-refractivity contribution in [3.8, 4) is 11.5 Å². The molecule has 0 bridgehead atoms. The molecule has 146 valence electrons. The Kier molecular flexibility index (Phi) is 5.93. The first-order valence-corrected chi connectivity index (χ1v) is 8.94. The Morgan fingerprint density at radius 1 is 1.14 bits per heavy atom. The van der Waals surface area contributed by atoms with Crippen molar-refractivity contribution in [1.82, 2.24) is 5.43 Å². The van der Waals surface area contributed by atoms with Crippen LogP contribution in [0.4, 0.5) is 5.69 Å². The molecule has 1 atom stereocenters. The summed E-state index contributed by atoms with van der Waals surface area (Å²) in [6, 6.07) is 13.0. The van der Waals surface area contributed by atoms with E-state index in [1.807, 2.05) is 31.2 Å². The zero-order valence-corrected chi connectivity index (χ0v) is 16.1. The van der Waals surface area contributed by atoms with E-state index in [1.54, 1.807) is 37.3 Å². The molecular weight excluding hydrogens is 358 g/mol. The molecule has 1 aliphatic heterocycles. The number of amides is 2. The number of rotatable bonds is 6. The van der Waals surface area contributed by atoms with E-state index in [-0.39, 0.29) is 18.2 Å². The van der Waals surface area contributed by atoms with Gasteiger partial charge in [0.2, 0.25) is 11.8 Å². The Labute approximate surface area is 163 Å². The molecule has 1 unspecified atom stereocenters. The quantitative estimate of drug-likeness (QED) is 0.616. The van der Waals surface area contributed by atoms with Crippen molar-refractivity contribution in [2.75, 3.05) is 25.7 Å². The highest BCUT2D eigenvalue weighted by Gasteiger charge is 2.35. The standard InChI is InChI=1S/C21H23N3O4/c1-14-4-7-17(8-5-14)24-13-16(11-20(24)25)21(26)23-22-12-15-6-9-18(27-2)19(10-15)28-3/h4-10,12,16H,11,13H2,1-3H3,(H,23,26). The number of nitrogens with one attached hydrogen (secondary N) is 1. The van der Waals surface area contributed by atoms with Gasteiger partial charge < -0.3 is 14.4 Å². The molecule has 1 heterocycles. The number of carbonyl (C=O) groups is 2. The Bertz CT molecular complexity index is 893. The van der Waals surface area contributed by atoms with Gasteiger partial charge in [-0.05, 0) is 42.8 Å². The van der Waals surface area contributed by atoms with Crippen LogP contribution >= 0.6 is 0 Å². The van der Waals surface area contributed by atoms with Crippen LogP contribution in [0.15, 0.2) is 47.6 Å². The number of aryl methyl sites for hydroxylation is 1. The summed E-state index contributed by atoms with van der Waals surface area (Å²) < 4.78 is 10.4. The predicted molar refractivity (Wildman–Crippen MR) is 107 cm³/mol. The molecule has 0 radical (unpaired) electrons. The number of ether oxygens (including phenoxy) is 2. The third-order valence-corrected chi connectivity index (χ3v) is 4.64. The largest absolute Gasteiger partial charge is 0.493 e. The van der Waals surface area contributed by atoms with Crippen LogP contribution in [0, 0.1) is 12.8 Å². The van der Waals surface area contributed by atoms with E-state index in [0.717, 1.165) is 16.8 Å². The number of hydrogen-bond donors (Lipinski definition) is 1. The lowest BCUT2D eigenvalue weighted by Gasteiger charge is -2.16. The van der Waals surface area contributed by atoms with Crippen LogP contribution in [0.1, 0.15) is 17.5 Å². The normalized spacial score (nSPS) is 16.5. The molecule has 28 heavy (non-hydrogen) atoms. The Morgan fingerprint density at radius 3 is 2.54 bits per heavy atom. The van der Waals surface area contributed by atoms with Crippen LogP contribution < -0.4 is 19.8 Å². The molecular formula is C21H23N3O4. The predicted octanol–water partition coefficient (Wildman–Crippen LogP) is 2.52. The molecule has 0 saturated carbocycles. The summed E-state index contributed by atoms with van der Waals surface area (Å²) in [7, 11) is 3.12. The van der Waals surface area contributed by atoms with Crippen molar-refractivity contribution >= 4 is 23.7 Å². The molecule has 7 heteroatoms. The Morgan fingerprint density at radius 2 is 1.86 bits per heavy atom. The minimum atomic E-state index is -0.434. The molecule has 0 aromatic heterocycles. The molecule has 1 saturated heterocycles. The van der Waals surface area contributed by atoms with Crippen LogP contribution in [0.5, 0.6) is 11.5 Å². The molecule has 0 spiro atoms. The molecule has 2 aromatic carbocycles. The van der Waals surface area contributed by atoms with Crippen LogP contribution in [0.3, 0.4) is 0 Å². The summed E-state index contributed by atoms with van der Waals surface area (Å²) >= 11 is 0. The van der Waals surface area contributed by atoms with Gasteiger partial charge in [-0.15, -0.1) is 0 Å². The van der Waals surface area contributed by atoms with Crippen molar-refractivity contribution in [2.24, 2.45) is 11.0 Å². The maximum absolute atomic E-state index is 12.4. The van der Waals surface area contributed by atoms with Gasteiger partial charge in [-0.3, -0.25) is 9.59 Å². The average molecular weight is 381 g/mol. The van der Waals surface area contributed by atoms with Gasteiger partial charge in [-0.1, -0.05) is 17.7 Å². The van der Waals surface area contributed by atoms with Gasteiger partial charge in [-0.2, -0.15) is 5.10 Å². The lowest BCUT2D eigenvalue weighted by molar-refractivity contribution is -0.126. The smallest absolute Gasteiger partial charge is 0.245 e. The Balaban J connectivity index is 1.60. The fraction of sp³-hybridized carbons (Fsp3) is 0.286. The fourth-order valence-electron chi connectivity index (χ4n) is 3.05. The summed E-state index contributed by atoms with van der Waals surface area (Å²) in [5, 5.41) is 4.00. The van der Waals surface area contributed by atoms with Gasteiger partial charge in [0.1, 0.15) is 0 Å². The topological polar surface area (TPSA) is 80.2 Å². The number of benzene rings is 2. The number of hydrogen-bond acceptors (Lipinski definition) is 5. The van der Waals surface area contributed by atoms with Gasteiger partial charge in [0.25, 0.3) is 0 Å². The second kappa shape index (κ2) is 8.56. The fourth-order valence-corrected chi connectivity index (χ4v) is 3.05. The zero-order valence-electron chi connectivity index (χ0n) is 16.1. The van der Waals surface area contributed by atoms with Gasteiger partial charge in [0.15, 0.2) is 11.5 Å². The van der Waals surface area contributed by atoms with Crippen molar-refractivity contribution in [3.05, 3.63) is 53.6 Å². The molecule has 1 N–H and O–H groups in total. The first-order valence-electron chi connectivity index (χ1n) is 8.94. The maximum Gasteiger partial charge on any atom is 0.245 e. The number of carbonyl (C=O) groups excluding carboxylic acids is 2. The van der Waals surface area contributed by atoms with E-state index in [2.05, 4.69) is 10.5 Å². The van der Waals surface area contributed by atoms with Gasteiger partial charge in [0, 0.05) is 18.7 Å². The summed E-state index contributed by atoms with van der Waals surface area (Å²) in [4.78, 5) is 26.3. The minimum Gasteiger partial charge on any atom is -0.493 e. The molecule has 7 nitrogen and oxygen atoms in total. The van der Waals surface area contributed by atoms with E-state index >= 15 is 0 Å². The van der Waals surface area contributed by atoms with E-state index in [4.69, 9.17) is 9.47 Å². The average Bonchev–Trinajstić information content (AvgIpc) is 3.10. The van der Waals surface area contributed by atoms with Crippen molar-refractivity contribution in [2.45, 2.75) is 13.3 Å². The third kappa shape index (κ3) is 4.31. The Hall–Kier alpha value is -3.35. The molecule has 1 aliphatic rings. The van der Waals surface area contributed by atoms with E-state index < -0.39 is 5.92 Å². The van der Waals surface area contributed by atoms with Crippen molar-refractivity contribution < 1.29 is 19.1 Å². The highest BCUT2D eigenvalue weighted by atomic mass is 16.5. The summed E-state index contributed by atoms with van der Waals surface area (Å²) in [6.07, 6.45) is 1.69. The first kappa shape index (κ1) is 19.4. The first-order chi connectivity index (χ1) is 13.5. The number of hydrazone groups is 1. The van der Waals surface area contributed by atoms with Crippen LogP contribution in [-0.2, 0) is 9.59 Å². The second-order valence-corrected chi connectivity index (χ2v) is 6.59.